The Labute approximate surface area is 169 Å². The summed E-state index contributed by atoms with van der Waals surface area (Å²) in [6.07, 6.45) is 7.52. The first-order valence-electron chi connectivity index (χ1n) is 11.2. The van der Waals surface area contributed by atoms with Crippen molar-refractivity contribution in [2.24, 2.45) is 22.7 Å². The number of hydrogen-bond donors (Lipinski definition) is 0. The van der Waals surface area contributed by atoms with Crippen LogP contribution >= 0.6 is 0 Å². The number of amides is 1. The van der Waals surface area contributed by atoms with Crippen molar-refractivity contribution in [2.45, 2.75) is 78.2 Å². The summed E-state index contributed by atoms with van der Waals surface area (Å²) in [5.41, 5.74) is 1.82. The van der Waals surface area contributed by atoms with E-state index in [1.807, 2.05) is 23.1 Å². The number of nitrogens with zero attached hydrogens (tertiary/aromatic N) is 1. The van der Waals surface area contributed by atoms with Gasteiger partial charge in [0.2, 0.25) is 5.91 Å². The van der Waals surface area contributed by atoms with Crippen LogP contribution in [0.1, 0.15) is 71.3 Å². The number of rotatable bonds is 6. The van der Waals surface area contributed by atoms with Crippen LogP contribution in [0.3, 0.4) is 0 Å². The Balaban J connectivity index is 1.37. The molecule has 1 aliphatic heterocycles. The molecule has 1 aromatic rings. The molecule has 3 aliphatic rings. The van der Waals surface area contributed by atoms with Crippen molar-refractivity contribution in [3.05, 3.63) is 35.9 Å². The third kappa shape index (κ3) is 3.21. The van der Waals surface area contributed by atoms with Crippen molar-refractivity contribution in [3.63, 3.8) is 0 Å². The lowest BCUT2D eigenvalue weighted by Gasteiger charge is -2.39. The molecular weight excluding hydrogens is 346 g/mol. The van der Waals surface area contributed by atoms with E-state index in [9.17, 15) is 9.59 Å². The third-order valence-corrected chi connectivity index (χ3v) is 8.84. The average Bonchev–Trinajstić information content (AvgIpc) is 3.30. The minimum atomic E-state index is -0.172. The maximum absolute atomic E-state index is 13.2. The van der Waals surface area contributed by atoms with E-state index in [1.54, 1.807) is 0 Å². The van der Waals surface area contributed by atoms with Crippen molar-refractivity contribution in [1.82, 2.24) is 4.90 Å². The van der Waals surface area contributed by atoms with Crippen LogP contribution in [0.25, 0.3) is 0 Å². The van der Waals surface area contributed by atoms with Gasteiger partial charge in [0.25, 0.3) is 0 Å². The fourth-order valence-corrected chi connectivity index (χ4v) is 6.50. The minimum absolute atomic E-state index is 0.152. The van der Waals surface area contributed by atoms with Gasteiger partial charge in [0.15, 0.2) is 5.78 Å². The van der Waals surface area contributed by atoms with E-state index < -0.39 is 0 Å². The second kappa shape index (κ2) is 7.31. The third-order valence-electron chi connectivity index (χ3n) is 8.84. The zero-order valence-corrected chi connectivity index (χ0v) is 17.7. The molecule has 1 aromatic carbocycles. The summed E-state index contributed by atoms with van der Waals surface area (Å²) in [5.74, 6) is 1.73. The molecule has 2 bridgehead atoms. The van der Waals surface area contributed by atoms with Gasteiger partial charge in [0.05, 0.1) is 6.04 Å². The number of benzene rings is 1. The van der Waals surface area contributed by atoms with E-state index >= 15 is 0 Å². The summed E-state index contributed by atoms with van der Waals surface area (Å²) in [5, 5.41) is 0. The summed E-state index contributed by atoms with van der Waals surface area (Å²) in [6, 6.07) is 9.99. The fourth-order valence-electron chi connectivity index (χ4n) is 6.50. The Morgan fingerprint density at radius 2 is 1.86 bits per heavy atom. The fraction of sp³-hybridized carbons (Fsp3) is 0.680. The molecule has 28 heavy (non-hydrogen) atoms. The molecule has 0 aromatic heterocycles. The zero-order valence-electron chi connectivity index (χ0n) is 17.7. The molecule has 152 valence electrons. The second-order valence-electron chi connectivity index (χ2n) is 10.2. The van der Waals surface area contributed by atoms with Crippen LogP contribution in [0.15, 0.2) is 30.3 Å². The van der Waals surface area contributed by atoms with Gasteiger partial charge in [0.1, 0.15) is 0 Å². The van der Waals surface area contributed by atoms with E-state index in [0.717, 1.165) is 31.7 Å². The minimum Gasteiger partial charge on any atom is -0.333 e. The normalized spacial score (nSPS) is 33.4. The maximum atomic E-state index is 13.2. The number of hydrogen-bond acceptors (Lipinski definition) is 2. The van der Waals surface area contributed by atoms with Crippen LogP contribution in [0.5, 0.6) is 0 Å². The lowest BCUT2D eigenvalue weighted by atomic mass is 9.65. The molecule has 3 nitrogen and oxygen atoms in total. The van der Waals surface area contributed by atoms with E-state index in [4.69, 9.17) is 0 Å². The van der Waals surface area contributed by atoms with Crippen LogP contribution < -0.4 is 0 Å². The monoisotopic (exact) mass is 381 g/mol. The van der Waals surface area contributed by atoms with Crippen LogP contribution in [-0.4, -0.2) is 29.2 Å². The van der Waals surface area contributed by atoms with Gasteiger partial charge >= 0.3 is 0 Å². The predicted octanol–water partition coefficient (Wildman–Crippen LogP) is 5.03. The molecule has 1 amide bonds. The molecule has 3 fully saturated rings. The number of carbonyl (C=O) groups excluding carboxylic acids is 2. The second-order valence-corrected chi connectivity index (χ2v) is 10.2. The van der Waals surface area contributed by atoms with Crippen molar-refractivity contribution in [3.8, 4) is 0 Å². The van der Waals surface area contributed by atoms with Gasteiger partial charge in [-0.25, -0.2) is 0 Å². The highest BCUT2D eigenvalue weighted by molar-refractivity contribution is 5.90. The first-order chi connectivity index (χ1) is 13.3. The Hall–Kier alpha value is -1.64. The Morgan fingerprint density at radius 3 is 2.50 bits per heavy atom. The van der Waals surface area contributed by atoms with Crippen LogP contribution in [0.4, 0.5) is 0 Å². The highest BCUT2D eigenvalue weighted by Crippen LogP contribution is 2.68. The lowest BCUT2D eigenvalue weighted by molar-refractivity contribution is -0.138. The van der Waals surface area contributed by atoms with Gasteiger partial charge in [-0.3, -0.25) is 9.59 Å². The Morgan fingerprint density at radius 1 is 1.11 bits per heavy atom. The van der Waals surface area contributed by atoms with Gasteiger partial charge in [0, 0.05) is 19.4 Å². The van der Waals surface area contributed by atoms with Crippen LogP contribution in [0.2, 0.25) is 0 Å². The molecule has 1 saturated heterocycles. The number of fused-ring (bicyclic) bond motifs is 2. The van der Waals surface area contributed by atoms with Gasteiger partial charge in [-0.2, -0.15) is 0 Å². The number of likely N-dealkylation sites (tertiary alicyclic amines) is 1. The Kier molecular flexibility index (Phi) is 5.14. The molecule has 1 heterocycles. The number of Topliss-reactive ketones (excluding diaryl/α,β-unsaturated/α-hetero) is 1. The van der Waals surface area contributed by atoms with Crippen LogP contribution in [0, 0.1) is 22.7 Å². The number of ketones is 1. The van der Waals surface area contributed by atoms with Crippen molar-refractivity contribution in [1.29, 1.82) is 0 Å². The number of aryl methyl sites for hydroxylation is 1. The Bertz CT molecular complexity index is 740. The van der Waals surface area contributed by atoms with Crippen molar-refractivity contribution >= 4 is 11.7 Å². The molecule has 2 aliphatic carbocycles. The standard InChI is InChI=1S/C25H35NO2/c1-24(2)19-13-14-25(24,3)20(16-19)17-22(27)21-10-7-15-26(21)23(28)12-11-18-8-5-4-6-9-18/h4-6,8-9,19-21H,7,10-17H2,1-3H3/t19?,20?,21-,25?/m0/s1. The summed E-state index contributed by atoms with van der Waals surface area (Å²) in [4.78, 5) is 28.0. The molecular formula is C25H35NO2. The zero-order chi connectivity index (χ0) is 19.9. The van der Waals surface area contributed by atoms with E-state index in [0.29, 0.717) is 30.0 Å². The smallest absolute Gasteiger partial charge is 0.223 e. The van der Waals surface area contributed by atoms with Crippen molar-refractivity contribution < 1.29 is 9.59 Å². The SMILES string of the molecule is CC1(C)C2CCC1(C)C(CC(=O)[C@@H]1CCCN1C(=O)CCc1ccccc1)C2. The first kappa shape index (κ1) is 19.7. The largest absolute Gasteiger partial charge is 0.333 e. The summed E-state index contributed by atoms with van der Waals surface area (Å²) < 4.78 is 0. The van der Waals surface area contributed by atoms with E-state index in [1.165, 1.54) is 24.8 Å². The quantitative estimate of drug-likeness (QED) is 0.693. The molecule has 0 radical (unpaired) electrons. The van der Waals surface area contributed by atoms with Gasteiger partial charge in [-0.1, -0.05) is 51.1 Å². The molecule has 4 rings (SSSR count). The molecule has 0 N–H and O–H groups in total. The molecule has 4 atom stereocenters. The number of carbonyl (C=O) groups is 2. The molecule has 2 saturated carbocycles. The van der Waals surface area contributed by atoms with E-state index in [2.05, 4.69) is 32.9 Å². The summed E-state index contributed by atoms with van der Waals surface area (Å²) in [7, 11) is 0. The highest BCUT2D eigenvalue weighted by atomic mass is 16.2. The molecule has 3 heteroatoms. The summed E-state index contributed by atoms with van der Waals surface area (Å²) in [6.45, 7) is 7.98. The van der Waals surface area contributed by atoms with Crippen molar-refractivity contribution in [2.75, 3.05) is 6.54 Å². The lowest BCUT2D eigenvalue weighted by Crippen LogP contribution is -2.42. The molecule has 0 spiro atoms. The van der Waals surface area contributed by atoms with E-state index in [-0.39, 0.29) is 17.4 Å². The predicted molar refractivity (Wildman–Crippen MR) is 112 cm³/mol. The van der Waals surface area contributed by atoms with Gasteiger partial charge < -0.3 is 4.90 Å². The van der Waals surface area contributed by atoms with Crippen LogP contribution in [-0.2, 0) is 16.0 Å². The topological polar surface area (TPSA) is 37.4 Å². The van der Waals surface area contributed by atoms with Gasteiger partial charge in [-0.05, 0) is 66.8 Å². The highest BCUT2D eigenvalue weighted by Gasteiger charge is 2.61. The molecule has 3 unspecified atom stereocenters. The van der Waals surface area contributed by atoms with Gasteiger partial charge in [-0.15, -0.1) is 0 Å². The average molecular weight is 382 g/mol. The maximum Gasteiger partial charge on any atom is 0.223 e. The first-order valence-corrected chi connectivity index (χ1v) is 11.2. The summed E-state index contributed by atoms with van der Waals surface area (Å²) >= 11 is 0.